The molecule has 2 aliphatic heterocycles. The molecular formula is C24H24N6O3. The van der Waals surface area contributed by atoms with Crippen LogP contribution < -0.4 is 14.8 Å². The highest BCUT2D eigenvalue weighted by Crippen LogP contribution is 2.23. The Kier molecular flexibility index (Phi) is 6.10. The smallest absolute Gasteiger partial charge is 0.229 e. The minimum atomic E-state index is 0.263. The third kappa shape index (κ3) is 5.08. The molecule has 9 heteroatoms. The van der Waals surface area contributed by atoms with Crippen LogP contribution in [0.5, 0.6) is 11.5 Å². The summed E-state index contributed by atoms with van der Waals surface area (Å²) >= 11 is 0. The predicted octanol–water partition coefficient (Wildman–Crippen LogP) is 4.24. The number of hydrogen-bond acceptors (Lipinski definition) is 8. The number of nitrogens with one attached hydrogen (secondary N) is 1. The molecule has 6 rings (SSSR count). The van der Waals surface area contributed by atoms with Crippen molar-refractivity contribution in [1.29, 1.82) is 0 Å². The van der Waals surface area contributed by atoms with Crippen LogP contribution in [0.4, 0.5) is 11.6 Å². The number of hydrogen-bond donors (Lipinski definition) is 1. The second kappa shape index (κ2) is 9.64. The molecule has 9 nitrogen and oxygen atoms in total. The monoisotopic (exact) mass is 444 g/mol. The summed E-state index contributed by atoms with van der Waals surface area (Å²) in [4.78, 5) is 21.1. The fraction of sp³-hybridized carbons (Fsp3) is 0.292. The molecule has 2 aromatic carbocycles. The Balaban J connectivity index is 1.44. The van der Waals surface area contributed by atoms with Crippen molar-refractivity contribution in [3.8, 4) is 17.2 Å². The van der Waals surface area contributed by atoms with Gasteiger partial charge in [0.05, 0.1) is 25.1 Å². The van der Waals surface area contributed by atoms with Gasteiger partial charge in [-0.1, -0.05) is 11.3 Å². The summed E-state index contributed by atoms with van der Waals surface area (Å²) in [6, 6.07) is 15.2. The van der Waals surface area contributed by atoms with Gasteiger partial charge < -0.3 is 14.8 Å². The molecule has 6 bridgehead atoms. The van der Waals surface area contributed by atoms with E-state index in [9.17, 15) is 4.79 Å². The zero-order valence-corrected chi connectivity index (χ0v) is 18.1. The lowest BCUT2D eigenvalue weighted by Gasteiger charge is -2.10. The lowest BCUT2D eigenvalue weighted by atomic mass is 10.1. The number of aromatic nitrogens is 5. The van der Waals surface area contributed by atoms with E-state index in [4.69, 9.17) is 9.47 Å². The largest absolute Gasteiger partial charge is 0.494 e. The summed E-state index contributed by atoms with van der Waals surface area (Å²) in [7, 11) is 0. The van der Waals surface area contributed by atoms with Crippen LogP contribution in [0.1, 0.15) is 32.1 Å². The number of ketones is 1. The Morgan fingerprint density at radius 1 is 0.909 bits per heavy atom. The minimum absolute atomic E-state index is 0.263. The molecule has 0 spiro atoms. The number of fused-ring (bicyclic) bond motifs is 11. The van der Waals surface area contributed by atoms with Crippen LogP contribution in [-0.2, 0) is 4.79 Å². The zero-order chi connectivity index (χ0) is 22.5. The second-order valence-electron chi connectivity index (χ2n) is 7.85. The molecule has 0 saturated carbocycles. The van der Waals surface area contributed by atoms with E-state index in [2.05, 4.69) is 25.6 Å². The first-order valence-electron chi connectivity index (χ1n) is 11.1. The molecule has 0 radical (unpaired) electrons. The molecule has 0 unspecified atom stereocenters. The van der Waals surface area contributed by atoms with Crippen molar-refractivity contribution in [3.05, 3.63) is 54.7 Å². The standard InChI is InChI=1S/C24H24N6O3/c31-19-6-1-2-13-33-21-8-3-5-17(15-21)26-24-25-16-22-23(27-24)30(29-28-22)18-9-11-20(12-10-18)32-14-4-7-19/h3,5,8-12,15-16H,1-2,4,6-7,13-14H2,(H,25,26,27). The zero-order valence-electron chi connectivity index (χ0n) is 18.1. The van der Waals surface area contributed by atoms with Gasteiger partial charge in [0.1, 0.15) is 17.3 Å². The maximum Gasteiger partial charge on any atom is 0.229 e. The third-order valence-corrected chi connectivity index (χ3v) is 5.35. The van der Waals surface area contributed by atoms with Crippen molar-refractivity contribution in [2.75, 3.05) is 18.5 Å². The fourth-order valence-electron chi connectivity index (χ4n) is 3.64. The van der Waals surface area contributed by atoms with E-state index >= 15 is 0 Å². The number of Topliss-reactive ketones (excluding diaryl/α,β-unsaturated/α-hetero) is 1. The van der Waals surface area contributed by atoms with E-state index in [0.29, 0.717) is 49.6 Å². The van der Waals surface area contributed by atoms with Gasteiger partial charge in [0, 0.05) is 24.6 Å². The molecule has 0 aliphatic carbocycles. The van der Waals surface area contributed by atoms with Gasteiger partial charge in [-0.15, -0.1) is 5.10 Å². The molecule has 2 aromatic heterocycles. The van der Waals surface area contributed by atoms with Gasteiger partial charge in [0.15, 0.2) is 11.2 Å². The Morgan fingerprint density at radius 2 is 1.73 bits per heavy atom. The molecule has 2 aliphatic rings. The maximum atomic E-state index is 12.1. The van der Waals surface area contributed by atoms with Crippen LogP contribution in [0.2, 0.25) is 0 Å². The van der Waals surface area contributed by atoms with Crippen LogP contribution >= 0.6 is 0 Å². The number of carbonyl (C=O) groups excluding carboxylic acids is 1. The molecule has 0 atom stereocenters. The van der Waals surface area contributed by atoms with Gasteiger partial charge in [-0.25, -0.2) is 4.98 Å². The molecule has 0 fully saturated rings. The lowest BCUT2D eigenvalue weighted by molar-refractivity contribution is -0.119. The van der Waals surface area contributed by atoms with Gasteiger partial charge in [-0.2, -0.15) is 9.67 Å². The number of anilines is 2. The van der Waals surface area contributed by atoms with Gasteiger partial charge in [0.25, 0.3) is 0 Å². The summed E-state index contributed by atoms with van der Waals surface area (Å²) in [5, 5.41) is 11.6. The van der Waals surface area contributed by atoms with Crippen molar-refractivity contribution in [2.24, 2.45) is 0 Å². The average Bonchev–Trinajstić information content (AvgIpc) is 3.25. The quantitative estimate of drug-likeness (QED) is 0.429. The summed E-state index contributed by atoms with van der Waals surface area (Å²) in [5.41, 5.74) is 2.80. The predicted molar refractivity (Wildman–Crippen MR) is 123 cm³/mol. The van der Waals surface area contributed by atoms with Crippen LogP contribution in [0.15, 0.2) is 54.7 Å². The number of rotatable bonds is 0. The molecule has 1 N–H and O–H groups in total. The van der Waals surface area contributed by atoms with Crippen molar-refractivity contribution >= 4 is 28.6 Å². The van der Waals surface area contributed by atoms with Gasteiger partial charge in [0.2, 0.25) is 5.95 Å². The van der Waals surface area contributed by atoms with Crippen molar-refractivity contribution < 1.29 is 14.3 Å². The Morgan fingerprint density at radius 3 is 2.64 bits per heavy atom. The van der Waals surface area contributed by atoms with E-state index in [1.807, 2.05) is 48.5 Å². The topological polar surface area (TPSA) is 104 Å². The number of nitrogens with zero attached hydrogens (tertiary/aromatic N) is 5. The molecule has 4 aromatic rings. The summed E-state index contributed by atoms with van der Waals surface area (Å²) in [6.07, 6.45) is 5.08. The molecule has 33 heavy (non-hydrogen) atoms. The van der Waals surface area contributed by atoms with Crippen LogP contribution in [0.25, 0.3) is 16.9 Å². The normalized spacial score (nSPS) is 15.2. The van der Waals surface area contributed by atoms with Crippen molar-refractivity contribution in [2.45, 2.75) is 32.1 Å². The Bertz CT molecular complexity index is 1250. The summed E-state index contributed by atoms with van der Waals surface area (Å²) in [5.74, 6) is 2.19. The maximum absolute atomic E-state index is 12.1. The number of carbonyl (C=O) groups is 1. The van der Waals surface area contributed by atoms with Gasteiger partial charge in [-0.05, 0) is 55.7 Å². The van der Waals surface area contributed by atoms with E-state index in [1.165, 1.54) is 0 Å². The first-order valence-corrected chi connectivity index (χ1v) is 11.1. The highest BCUT2D eigenvalue weighted by molar-refractivity contribution is 5.78. The summed E-state index contributed by atoms with van der Waals surface area (Å²) in [6.45, 7) is 1.06. The molecule has 0 amide bonds. The molecule has 4 heterocycles. The van der Waals surface area contributed by atoms with Crippen molar-refractivity contribution in [3.63, 3.8) is 0 Å². The molecule has 0 saturated heterocycles. The van der Waals surface area contributed by atoms with Gasteiger partial charge in [-0.3, -0.25) is 4.79 Å². The van der Waals surface area contributed by atoms with Crippen LogP contribution in [-0.4, -0.2) is 44.0 Å². The van der Waals surface area contributed by atoms with Crippen LogP contribution in [0, 0.1) is 0 Å². The lowest BCUT2D eigenvalue weighted by Crippen LogP contribution is -2.05. The highest BCUT2D eigenvalue weighted by Gasteiger charge is 2.11. The number of ether oxygens (including phenoxy) is 2. The third-order valence-electron chi connectivity index (χ3n) is 5.35. The average molecular weight is 444 g/mol. The Hall–Kier alpha value is -4.01. The van der Waals surface area contributed by atoms with E-state index in [-0.39, 0.29) is 5.78 Å². The SMILES string of the molecule is O=C1CCCCOc2cccc(c2)Nc2ncc3nnn(c3n2)-c2ccc(cc2)OCCC1. The molecule has 168 valence electrons. The van der Waals surface area contributed by atoms with E-state index < -0.39 is 0 Å². The van der Waals surface area contributed by atoms with Crippen LogP contribution in [0.3, 0.4) is 0 Å². The number of benzene rings is 2. The summed E-state index contributed by atoms with van der Waals surface area (Å²) < 4.78 is 13.3. The van der Waals surface area contributed by atoms with Gasteiger partial charge >= 0.3 is 0 Å². The Labute approximate surface area is 190 Å². The van der Waals surface area contributed by atoms with Crippen molar-refractivity contribution in [1.82, 2.24) is 25.0 Å². The first-order chi connectivity index (χ1) is 16.2. The minimum Gasteiger partial charge on any atom is -0.494 e. The fourth-order valence-corrected chi connectivity index (χ4v) is 3.64. The first kappa shape index (κ1) is 20.9. The van der Waals surface area contributed by atoms with E-state index in [1.54, 1.807) is 10.9 Å². The van der Waals surface area contributed by atoms with E-state index in [0.717, 1.165) is 35.7 Å². The highest BCUT2D eigenvalue weighted by atomic mass is 16.5. The second-order valence-corrected chi connectivity index (χ2v) is 7.85. The molecular weight excluding hydrogens is 420 g/mol.